The van der Waals surface area contributed by atoms with E-state index in [2.05, 4.69) is 20.0 Å². The van der Waals surface area contributed by atoms with Crippen LogP contribution in [0, 0.1) is 0 Å². The van der Waals surface area contributed by atoms with E-state index in [1.165, 1.54) is 6.39 Å². The molecule has 0 aromatic carbocycles. The van der Waals surface area contributed by atoms with Crippen molar-refractivity contribution in [2.24, 2.45) is 5.73 Å². The van der Waals surface area contributed by atoms with Crippen LogP contribution in [0.2, 0.25) is 0 Å². The van der Waals surface area contributed by atoms with Gasteiger partial charge in [-0.3, -0.25) is 4.79 Å². The van der Waals surface area contributed by atoms with Crippen LogP contribution in [0.3, 0.4) is 0 Å². The van der Waals surface area contributed by atoms with Crippen molar-refractivity contribution in [3.05, 3.63) is 12.2 Å². The summed E-state index contributed by atoms with van der Waals surface area (Å²) >= 11 is 0. The van der Waals surface area contributed by atoms with Crippen molar-refractivity contribution >= 4 is 5.91 Å². The lowest BCUT2D eigenvalue weighted by molar-refractivity contribution is -0.121. The molecule has 0 spiro atoms. The molecule has 1 heterocycles. The number of carbonyl (C=O) groups excluding carboxylic acids is 1. The second-order valence-corrected chi connectivity index (χ2v) is 3.00. The summed E-state index contributed by atoms with van der Waals surface area (Å²) in [6.45, 7) is 2.23. The fraction of sp³-hybridized carbons (Fsp3) is 0.625. The number of hydrogen-bond acceptors (Lipinski definition) is 5. The van der Waals surface area contributed by atoms with Gasteiger partial charge in [-0.15, -0.1) is 0 Å². The molecule has 0 aliphatic carbocycles. The Bertz CT molecular complexity index is 273. The molecule has 0 aliphatic rings. The highest BCUT2D eigenvalue weighted by Gasteiger charge is 2.07. The number of rotatable bonds is 5. The van der Waals surface area contributed by atoms with E-state index in [0.717, 1.165) is 6.42 Å². The lowest BCUT2D eigenvalue weighted by atomic mass is 10.1. The zero-order chi connectivity index (χ0) is 10.4. The van der Waals surface area contributed by atoms with E-state index in [4.69, 9.17) is 5.73 Å². The van der Waals surface area contributed by atoms with Crippen molar-refractivity contribution in [2.75, 3.05) is 0 Å². The van der Waals surface area contributed by atoms with Gasteiger partial charge in [0.25, 0.3) is 0 Å². The summed E-state index contributed by atoms with van der Waals surface area (Å²) in [5, 5.41) is 6.20. The average molecular weight is 198 g/mol. The van der Waals surface area contributed by atoms with Crippen molar-refractivity contribution in [2.45, 2.75) is 32.4 Å². The van der Waals surface area contributed by atoms with Crippen LogP contribution in [-0.4, -0.2) is 22.1 Å². The molecule has 0 saturated heterocycles. The Morgan fingerprint density at radius 3 is 3.14 bits per heavy atom. The maximum atomic E-state index is 11.2. The third-order valence-electron chi connectivity index (χ3n) is 1.82. The summed E-state index contributed by atoms with van der Waals surface area (Å²) in [7, 11) is 0. The Labute approximate surface area is 81.9 Å². The van der Waals surface area contributed by atoms with Crippen LogP contribution >= 0.6 is 0 Å². The third-order valence-corrected chi connectivity index (χ3v) is 1.82. The molecular weight excluding hydrogens is 184 g/mol. The van der Waals surface area contributed by atoms with Gasteiger partial charge in [0.2, 0.25) is 12.3 Å². The van der Waals surface area contributed by atoms with Gasteiger partial charge in [-0.05, 0) is 6.42 Å². The van der Waals surface area contributed by atoms with Crippen LogP contribution in [0.1, 0.15) is 25.6 Å². The molecule has 1 amide bonds. The Kier molecular flexibility index (Phi) is 4.06. The molecule has 6 heteroatoms. The molecule has 1 aromatic rings. The van der Waals surface area contributed by atoms with E-state index in [0.29, 0.717) is 12.2 Å². The SMILES string of the molecule is CCC(N)CC(=O)NCc1ncon1. The van der Waals surface area contributed by atoms with Crippen LogP contribution in [-0.2, 0) is 11.3 Å². The molecule has 6 nitrogen and oxygen atoms in total. The molecule has 0 aliphatic heterocycles. The van der Waals surface area contributed by atoms with E-state index >= 15 is 0 Å². The van der Waals surface area contributed by atoms with Crippen molar-refractivity contribution in [1.82, 2.24) is 15.5 Å². The second-order valence-electron chi connectivity index (χ2n) is 3.00. The number of nitrogens with two attached hydrogens (primary N) is 1. The summed E-state index contributed by atoms with van der Waals surface area (Å²) in [6.07, 6.45) is 2.34. The Morgan fingerprint density at radius 1 is 1.79 bits per heavy atom. The van der Waals surface area contributed by atoms with Gasteiger partial charge in [0.05, 0.1) is 6.54 Å². The smallest absolute Gasteiger partial charge is 0.221 e. The predicted octanol–water partition coefficient (Wildman–Crippen LogP) is -0.187. The van der Waals surface area contributed by atoms with Gasteiger partial charge >= 0.3 is 0 Å². The summed E-state index contributed by atoms with van der Waals surface area (Å²) in [4.78, 5) is 15.0. The summed E-state index contributed by atoms with van der Waals surface area (Å²) in [5.74, 6) is 0.368. The van der Waals surface area contributed by atoms with Gasteiger partial charge in [-0.1, -0.05) is 12.1 Å². The zero-order valence-electron chi connectivity index (χ0n) is 8.06. The minimum Gasteiger partial charge on any atom is -0.349 e. The van der Waals surface area contributed by atoms with Crippen LogP contribution in [0.15, 0.2) is 10.9 Å². The topological polar surface area (TPSA) is 94.0 Å². The highest BCUT2D eigenvalue weighted by atomic mass is 16.5. The minimum absolute atomic E-state index is 0.0831. The number of hydrogen-bond donors (Lipinski definition) is 2. The number of aromatic nitrogens is 2. The summed E-state index contributed by atoms with van der Waals surface area (Å²) < 4.78 is 4.51. The number of nitrogens with zero attached hydrogens (tertiary/aromatic N) is 2. The Balaban J connectivity index is 2.22. The number of amides is 1. The molecule has 0 bridgehead atoms. The first-order chi connectivity index (χ1) is 6.72. The van der Waals surface area contributed by atoms with Gasteiger partial charge in [0.1, 0.15) is 0 Å². The molecule has 0 fully saturated rings. The van der Waals surface area contributed by atoms with Gasteiger partial charge in [0, 0.05) is 12.5 Å². The first kappa shape index (κ1) is 10.6. The third kappa shape index (κ3) is 3.53. The van der Waals surface area contributed by atoms with Crippen molar-refractivity contribution in [3.8, 4) is 0 Å². The molecule has 14 heavy (non-hydrogen) atoms. The van der Waals surface area contributed by atoms with Gasteiger partial charge < -0.3 is 15.6 Å². The summed E-state index contributed by atoms with van der Waals surface area (Å²) in [6, 6.07) is -0.0831. The van der Waals surface area contributed by atoms with Crippen LogP contribution in [0.25, 0.3) is 0 Å². The average Bonchev–Trinajstić information content (AvgIpc) is 2.67. The molecule has 3 N–H and O–H groups in total. The molecule has 78 valence electrons. The van der Waals surface area contributed by atoms with Crippen LogP contribution < -0.4 is 11.1 Å². The molecular formula is C8H14N4O2. The first-order valence-corrected chi connectivity index (χ1v) is 4.50. The van der Waals surface area contributed by atoms with E-state index in [1.807, 2.05) is 6.92 Å². The fourth-order valence-electron chi connectivity index (χ4n) is 0.903. The molecule has 0 saturated carbocycles. The normalized spacial score (nSPS) is 12.4. The van der Waals surface area contributed by atoms with Gasteiger partial charge in [-0.2, -0.15) is 4.98 Å². The van der Waals surface area contributed by atoms with Crippen LogP contribution in [0.4, 0.5) is 0 Å². The highest BCUT2D eigenvalue weighted by Crippen LogP contribution is 1.94. The molecule has 1 aromatic heterocycles. The van der Waals surface area contributed by atoms with E-state index in [9.17, 15) is 4.79 Å². The predicted molar refractivity (Wildman–Crippen MR) is 49.0 cm³/mol. The van der Waals surface area contributed by atoms with Crippen LogP contribution in [0.5, 0.6) is 0 Å². The lowest BCUT2D eigenvalue weighted by Crippen LogP contribution is -2.31. The van der Waals surface area contributed by atoms with Crippen molar-refractivity contribution < 1.29 is 9.32 Å². The zero-order valence-corrected chi connectivity index (χ0v) is 8.06. The highest BCUT2D eigenvalue weighted by molar-refractivity contribution is 5.76. The maximum Gasteiger partial charge on any atom is 0.221 e. The molecule has 1 atom stereocenters. The Morgan fingerprint density at radius 2 is 2.57 bits per heavy atom. The van der Waals surface area contributed by atoms with E-state index in [1.54, 1.807) is 0 Å². The maximum absolute atomic E-state index is 11.2. The van der Waals surface area contributed by atoms with E-state index in [-0.39, 0.29) is 18.5 Å². The molecule has 1 unspecified atom stereocenters. The number of carbonyl (C=O) groups is 1. The first-order valence-electron chi connectivity index (χ1n) is 4.50. The molecule has 1 rings (SSSR count). The minimum atomic E-state index is -0.0934. The summed E-state index contributed by atoms with van der Waals surface area (Å²) in [5.41, 5.74) is 5.61. The van der Waals surface area contributed by atoms with Crippen molar-refractivity contribution in [3.63, 3.8) is 0 Å². The largest absolute Gasteiger partial charge is 0.349 e. The van der Waals surface area contributed by atoms with Gasteiger partial charge in [-0.25, -0.2) is 0 Å². The molecule has 0 radical (unpaired) electrons. The fourth-order valence-corrected chi connectivity index (χ4v) is 0.903. The van der Waals surface area contributed by atoms with Crippen molar-refractivity contribution in [1.29, 1.82) is 0 Å². The quantitative estimate of drug-likeness (QED) is 0.684. The Hall–Kier alpha value is -1.43. The monoisotopic (exact) mass is 198 g/mol. The van der Waals surface area contributed by atoms with Gasteiger partial charge in [0.15, 0.2) is 5.82 Å². The lowest BCUT2D eigenvalue weighted by Gasteiger charge is -2.07. The number of nitrogens with one attached hydrogen (secondary N) is 1. The second kappa shape index (κ2) is 5.33. The standard InChI is InChI=1S/C8H14N4O2/c1-2-6(9)3-8(13)10-4-7-11-5-14-12-7/h5-6H,2-4,9H2,1H3,(H,10,13). The van der Waals surface area contributed by atoms with E-state index < -0.39 is 0 Å².